The van der Waals surface area contributed by atoms with Crippen molar-refractivity contribution in [1.82, 2.24) is 5.32 Å². The zero-order valence-electron chi connectivity index (χ0n) is 18.2. The van der Waals surface area contributed by atoms with E-state index in [1.165, 1.54) is 12.1 Å². The lowest BCUT2D eigenvalue weighted by atomic mass is 9.66. The van der Waals surface area contributed by atoms with Gasteiger partial charge in [0.15, 0.2) is 5.41 Å². The third-order valence-electron chi connectivity index (χ3n) is 6.52. The average Bonchev–Trinajstić information content (AvgIpc) is 2.84. The Morgan fingerprint density at radius 2 is 1.62 bits per heavy atom. The number of hydrogen-bond donors (Lipinski definition) is 1. The Morgan fingerprint density at radius 3 is 2.26 bits per heavy atom. The Morgan fingerprint density at radius 1 is 0.971 bits per heavy atom. The summed E-state index contributed by atoms with van der Waals surface area (Å²) >= 11 is 0. The van der Waals surface area contributed by atoms with Crippen LogP contribution in [0, 0.1) is 15.5 Å². The van der Waals surface area contributed by atoms with Crippen molar-refractivity contribution in [2.45, 2.75) is 12.5 Å². The van der Waals surface area contributed by atoms with Crippen LogP contribution in [0.2, 0.25) is 0 Å². The predicted molar refractivity (Wildman–Crippen MR) is 124 cm³/mol. The number of rotatable bonds is 3. The van der Waals surface area contributed by atoms with Gasteiger partial charge in [-0.25, -0.2) is 9.69 Å². The number of nitrogens with zero attached hydrogens (tertiary/aromatic N) is 3. The molecular formula is C25H20N4O5. The summed E-state index contributed by atoms with van der Waals surface area (Å²) in [7, 11) is 1.74. The number of carbonyl (C=O) groups excluding carboxylic acids is 3. The van der Waals surface area contributed by atoms with Gasteiger partial charge in [-0.05, 0) is 29.3 Å². The molecule has 3 aromatic rings. The first-order valence-corrected chi connectivity index (χ1v) is 10.6. The summed E-state index contributed by atoms with van der Waals surface area (Å²) in [5.41, 5.74) is 0.321. The molecule has 1 spiro atoms. The summed E-state index contributed by atoms with van der Waals surface area (Å²) in [6.07, 6.45) is -0.102. The van der Waals surface area contributed by atoms with Crippen LogP contribution in [0.4, 0.5) is 21.9 Å². The van der Waals surface area contributed by atoms with E-state index < -0.39 is 34.2 Å². The number of para-hydroxylation sites is 1. The fraction of sp³-hybridized carbons (Fsp3) is 0.160. The van der Waals surface area contributed by atoms with Crippen LogP contribution >= 0.6 is 0 Å². The number of barbiturate groups is 1. The minimum atomic E-state index is -1.73. The van der Waals surface area contributed by atoms with Crippen LogP contribution in [0.1, 0.15) is 17.2 Å². The molecule has 2 heterocycles. The molecule has 4 amide bonds. The number of nitro benzene ring substituents is 1. The highest BCUT2D eigenvalue weighted by molar-refractivity contribution is 6.30. The minimum Gasteiger partial charge on any atom is -0.366 e. The third kappa shape index (κ3) is 3.05. The number of nitrogens with one attached hydrogen (secondary N) is 1. The van der Waals surface area contributed by atoms with Crippen LogP contribution in [0.5, 0.6) is 0 Å². The second-order valence-corrected chi connectivity index (χ2v) is 8.38. The molecule has 0 aliphatic carbocycles. The molecule has 0 saturated carbocycles. The first kappa shape index (κ1) is 21.3. The average molecular weight is 456 g/mol. The van der Waals surface area contributed by atoms with E-state index >= 15 is 0 Å². The predicted octanol–water partition coefficient (Wildman–Crippen LogP) is 3.60. The number of fused-ring (bicyclic) bond motifs is 1. The number of benzene rings is 3. The molecule has 5 rings (SSSR count). The second kappa shape index (κ2) is 7.80. The first-order chi connectivity index (χ1) is 16.3. The maximum absolute atomic E-state index is 14.2. The fourth-order valence-electron chi connectivity index (χ4n) is 5.04. The molecule has 2 atom stereocenters. The van der Waals surface area contributed by atoms with Crippen molar-refractivity contribution < 1.29 is 19.3 Å². The van der Waals surface area contributed by atoms with Gasteiger partial charge in [-0.3, -0.25) is 25.0 Å². The third-order valence-corrected chi connectivity index (χ3v) is 6.52. The molecular weight excluding hydrogens is 436 g/mol. The standard InChI is InChI=1S/C25H20N4O5/c1-27-20-13-12-19(29(33)34)14-17(20)15-25(21(27)16-8-4-2-5-9-16)22(30)26-24(32)28(23(25)31)18-10-6-3-7-11-18/h2-14,21H,15H2,1H3,(H,26,30,32). The van der Waals surface area contributed by atoms with Gasteiger partial charge in [0.2, 0.25) is 5.91 Å². The van der Waals surface area contributed by atoms with Crippen LogP contribution in [0.25, 0.3) is 0 Å². The van der Waals surface area contributed by atoms with Gasteiger partial charge in [0.05, 0.1) is 16.7 Å². The monoisotopic (exact) mass is 456 g/mol. The quantitative estimate of drug-likeness (QED) is 0.366. The highest BCUT2D eigenvalue weighted by Gasteiger charge is 2.62. The smallest absolute Gasteiger partial charge is 0.335 e. The molecule has 2 aliphatic rings. The number of non-ortho nitro benzene ring substituents is 1. The molecule has 0 aromatic heterocycles. The van der Waals surface area contributed by atoms with Crippen molar-refractivity contribution in [3.8, 4) is 0 Å². The van der Waals surface area contributed by atoms with E-state index in [1.807, 2.05) is 30.3 Å². The van der Waals surface area contributed by atoms with Crippen molar-refractivity contribution in [2.75, 3.05) is 16.8 Å². The molecule has 2 unspecified atom stereocenters. The van der Waals surface area contributed by atoms with Gasteiger partial charge in [-0.15, -0.1) is 0 Å². The van der Waals surface area contributed by atoms with Gasteiger partial charge in [-0.2, -0.15) is 0 Å². The van der Waals surface area contributed by atoms with Crippen molar-refractivity contribution in [1.29, 1.82) is 0 Å². The zero-order chi connectivity index (χ0) is 24.0. The SMILES string of the molecule is CN1c2ccc([N+](=O)[O-])cc2CC2(C(=O)NC(=O)N(c3ccccc3)C2=O)C1c1ccccc1. The summed E-state index contributed by atoms with van der Waals surface area (Å²) in [6.45, 7) is 0. The molecule has 170 valence electrons. The van der Waals surface area contributed by atoms with Crippen molar-refractivity contribution in [3.05, 3.63) is 100 Å². The molecule has 1 N–H and O–H groups in total. The number of nitro groups is 1. The number of amides is 4. The number of urea groups is 1. The van der Waals surface area contributed by atoms with Crippen LogP contribution in [-0.4, -0.2) is 29.8 Å². The fourth-order valence-corrected chi connectivity index (χ4v) is 5.04. The van der Waals surface area contributed by atoms with Gasteiger partial charge >= 0.3 is 6.03 Å². The molecule has 9 heteroatoms. The van der Waals surface area contributed by atoms with Gasteiger partial charge in [-0.1, -0.05) is 48.5 Å². The van der Waals surface area contributed by atoms with Gasteiger partial charge in [0.1, 0.15) is 0 Å². The molecule has 1 fully saturated rings. The Kier molecular flexibility index (Phi) is 4.89. The topological polar surface area (TPSA) is 113 Å². The molecule has 1 saturated heterocycles. The summed E-state index contributed by atoms with van der Waals surface area (Å²) in [5, 5.41) is 13.8. The van der Waals surface area contributed by atoms with E-state index in [0.29, 0.717) is 22.5 Å². The Labute approximate surface area is 194 Å². The van der Waals surface area contributed by atoms with Crippen molar-refractivity contribution in [3.63, 3.8) is 0 Å². The highest BCUT2D eigenvalue weighted by atomic mass is 16.6. The van der Waals surface area contributed by atoms with Crippen molar-refractivity contribution in [2.24, 2.45) is 5.41 Å². The lowest BCUT2D eigenvalue weighted by molar-refractivity contribution is -0.384. The Bertz CT molecular complexity index is 1330. The molecule has 0 radical (unpaired) electrons. The molecule has 2 aliphatic heterocycles. The van der Waals surface area contributed by atoms with E-state index in [4.69, 9.17) is 0 Å². The maximum Gasteiger partial charge on any atom is 0.335 e. The molecule has 9 nitrogen and oxygen atoms in total. The summed E-state index contributed by atoms with van der Waals surface area (Å²) in [5.74, 6) is -1.40. The van der Waals surface area contributed by atoms with E-state index in [-0.39, 0.29) is 12.1 Å². The van der Waals surface area contributed by atoms with E-state index in [9.17, 15) is 24.5 Å². The van der Waals surface area contributed by atoms with E-state index in [0.717, 1.165) is 4.90 Å². The van der Waals surface area contributed by atoms with Gasteiger partial charge < -0.3 is 4.90 Å². The van der Waals surface area contributed by atoms with Gasteiger partial charge in [0.25, 0.3) is 11.6 Å². The van der Waals surface area contributed by atoms with Crippen LogP contribution in [-0.2, 0) is 16.0 Å². The van der Waals surface area contributed by atoms with Crippen LogP contribution in [0.15, 0.2) is 78.9 Å². The number of anilines is 2. The maximum atomic E-state index is 14.2. The van der Waals surface area contributed by atoms with Gasteiger partial charge in [0, 0.05) is 31.3 Å². The normalized spacial score (nSPS) is 21.9. The Balaban J connectivity index is 1.75. The lowest BCUT2D eigenvalue weighted by Gasteiger charge is -2.50. The first-order valence-electron chi connectivity index (χ1n) is 10.6. The van der Waals surface area contributed by atoms with Crippen LogP contribution < -0.4 is 15.1 Å². The van der Waals surface area contributed by atoms with Crippen LogP contribution in [0.3, 0.4) is 0 Å². The minimum absolute atomic E-state index is 0.102. The van der Waals surface area contributed by atoms with E-state index in [1.54, 1.807) is 48.3 Å². The largest absolute Gasteiger partial charge is 0.366 e. The highest BCUT2D eigenvalue weighted by Crippen LogP contribution is 2.51. The zero-order valence-corrected chi connectivity index (χ0v) is 18.2. The summed E-state index contributed by atoms with van der Waals surface area (Å²) in [4.78, 5) is 54.3. The lowest BCUT2D eigenvalue weighted by Crippen LogP contribution is -2.69. The Hall–Kier alpha value is -4.53. The number of imide groups is 2. The molecule has 0 bridgehead atoms. The second-order valence-electron chi connectivity index (χ2n) is 8.38. The number of carbonyl (C=O) groups is 3. The van der Waals surface area contributed by atoms with Crippen molar-refractivity contribution >= 4 is 34.9 Å². The molecule has 34 heavy (non-hydrogen) atoms. The summed E-state index contributed by atoms with van der Waals surface area (Å²) in [6, 6.07) is 20.3. The summed E-state index contributed by atoms with van der Waals surface area (Å²) < 4.78 is 0. The number of hydrogen-bond acceptors (Lipinski definition) is 6. The molecule has 3 aromatic carbocycles. The van der Waals surface area contributed by atoms with E-state index in [2.05, 4.69) is 5.32 Å².